The second-order valence-electron chi connectivity index (χ2n) is 5.32. The van der Waals surface area contributed by atoms with Crippen LogP contribution in [0.3, 0.4) is 0 Å². The SMILES string of the molecule is N#Cc1ccc(C(=O)N2CC(CN3C(=O)COC3=O)C2)cc1. The predicted molar refractivity (Wildman–Crippen MR) is 73.6 cm³/mol. The van der Waals surface area contributed by atoms with Crippen LogP contribution in [0.4, 0.5) is 4.79 Å². The molecule has 1 aromatic carbocycles. The molecule has 0 saturated carbocycles. The third-order valence-corrected chi connectivity index (χ3v) is 3.79. The molecule has 0 aromatic heterocycles. The quantitative estimate of drug-likeness (QED) is 0.815. The number of amides is 3. The maximum absolute atomic E-state index is 12.2. The van der Waals surface area contributed by atoms with E-state index < -0.39 is 6.09 Å². The van der Waals surface area contributed by atoms with Gasteiger partial charge in [-0.3, -0.25) is 9.59 Å². The molecule has 2 saturated heterocycles. The van der Waals surface area contributed by atoms with E-state index in [1.54, 1.807) is 29.2 Å². The van der Waals surface area contributed by atoms with Gasteiger partial charge in [-0.15, -0.1) is 0 Å². The summed E-state index contributed by atoms with van der Waals surface area (Å²) in [5.74, 6) is -0.366. The van der Waals surface area contributed by atoms with Crippen LogP contribution in [0.15, 0.2) is 24.3 Å². The van der Waals surface area contributed by atoms with E-state index >= 15 is 0 Å². The molecule has 2 heterocycles. The van der Waals surface area contributed by atoms with Gasteiger partial charge in [0.15, 0.2) is 6.61 Å². The number of carbonyl (C=O) groups excluding carboxylic acids is 3. The van der Waals surface area contributed by atoms with Gasteiger partial charge < -0.3 is 9.64 Å². The number of ether oxygens (including phenoxy) is 1. The van der Waals surface area contributed by atoms with Gasteiger partial charge in [0.25, 0.3) is 11.8 Å². The number of hydrogen-bond donors (Lipinski definition) is 0. The Hall–Kier alpha value is -2.88. The van der Waals surface area contributed by atoms with Gasteiger partial charge in [-0.1, -0.05) is 0 Å². The van der Waals surface area contributed by atoms with Crippen LogP contribution in [0.25, 0.3) is 0 Å². The second kappa shape index (κ2) is 5.48. The summed E-state index contributed by atoms with van der Waals surface area (Å²) in [6.07, 6.45) is -0.609. The first-order chi connectivity index (χ1) is 10.6. The molecule has 0 atom stereocenters. The molecule has 112 valence electrons. The molecule has 0 unspecified atom stereocenters. The number of likely N-dealkylation sites (tertiary alicyclic amines) is 1. The number of nitriles is 1. The largest absolute Gasteiger partial charge is 0.439 e. The van der Waals surface area contributed by atoms with Crippen molar-refractivity contribution in [1.82, 2.24) is 9.80 Å². The number of benzene rings is 1. The van der Waals surface area contributed by atoms with E-state index in [0.717, 1.165) is 4.90 Å². The fourth-order valence-corrected chi connectivity index (χ4v) is 2.54. The number of hydrogen-bond acceptors (Lipinski definition) is 5. The van der Waals surface area contributed by atoms with Crippen LogP contribution < -0.4 is 0 Å². The lowest BCUT2D eigenvalue weighted by Gasteiger charge is -2.40. The normalized spacial score (nSPS) is 18.0. The first-order valence-corrected chi connectivity index (χ1v) is 6.85. The van der Waals surface area contributed by atoms with Gasteiger partial charge in [-0.25, -0.2) is 9.69 Å². The predicted octanol–water partition coefficient (Wildman–Crippen LogP) is 0.609. The molecule has 3 amide bonds. The van der Waals surface area contributed by atoms with Crippen LogP contribution in [0.2, 0.25) is 0 Å². The summed E-state index contributed by atoms with van der Waals surface area (Å²) in [5, 5.41) is 8.73. The molecule has 0 spiro atoms. The van der Waals surface area contributed by atoms with Gasteiger partial charge in [-0.2, -0.15) is 5.26 Å². The van der Waals surface area contributed by atoms with Crippen molar-refractivity contribution < 1.29 is 19.1 Å². The molecule has 22 heavy (non-hydrogen) atoms. The summed E-state index contributed by atoms with van der Waals surface area (Å²) < 4.78 is 4.64. The summed E-state index contributed by atoms with van der Waals surface area (Å²) in [4.78, 5) is 37.7. The van der Waals surface area contributed by atoms with Crippen LogP contribution in [0.5, 0.6) is 0 Å². The van der Waals surface area contributed by atoms with Crippen LogP contribution in [-0.4, -0.2) is 53.9 Å². The highest BCUT2D eigenvalue weighted by Crippen LogP contribution is 2.21. The smallest absolute Gasteiger partial charge is 0.417 e. The average Bonchev–Trinajstić information content (AvgIpc) is 2.81. The minimum Gasteiger partial charge on any atom is -0.439 e. The lowest BCUT2D eigenvalue weighted by atomic mass is 9.98. The van der Waals surface area contributed by atoms with Crippen LogP contribution in [-0.2, 0) is 9.53 Å². The zero-order valence-electron chi connectivity index (χ0n) is 11.7. The molecule has 2 fully saturated rings. The van der Waals surface area contributed by atoms with Crippen molar-refractivity contribution in [2.24, 2.45) is 5.92 Å². The lowest BCUT2D eigenvalue weighted by molar-refractivity contribution is -0.126. The van der Waals surface area contributed by atoms with E-state index in [0.29, 0.717) is 24.2 Å². The number of rotatable bonds is 3. The summed E-state index contributed by atoms with van der Waals surface area (Å²) in [6.45, 7) is 1.08. The van der Waals surface area contributed by atoms with Crippen LogP contribution in [0.1, 0.15) is 15.9 Å². The van der Waals surface area contributed by atoms with E-state index in [1.165, 1.54) is 0 Å². The number of carbonyl (C=O) groups is 3. The molecule has 0 bridgehead atoms. The number of imide groups is 1. The van der Waals surface area contributed by atoms with Gasteiger partial charge in [0, 0.05) is 31.1 Å². The number of nitrogens with zero attached hydrogens (tertiary/aromatic N) is 3. The average molecular weight is 299 g/mol. The molecule has 0 radical (unpaired) electrons. The molecule has 3 rings (SSSR count). The molecule has 0 N–H and O–H groups in total. The minimum absolute atomic E-state index is 0.0805. The molecular weight excluding hydrogens is 286 g/mol. The highest BCUT2D eigenvalue weighted by atomic mass is 16.6. The first kappa shape index (κ1) is 14.1. The van der Waals surface area contributed by atoms with Crippen LogP contribution >= 0.6 is 0 Å². The van der Waals surface area contributed by atoms with Crippen molar-refractivity contribution in [3.05, 3.63) is 35.4 Å². The zero-order chi connectivity index (χ0) is 15.7. The van der Waals surface area contributed by atoms with E-state index in [9.17, 15) is 14.4 Å². The Labute approximate surface area is 126 Å². The van der Waals surface area contributed by atoms with Crippen molar-refractivity contribution in [2.45, 2.75) is 0 Å². The highest BCUT2D eigenvalue weighted by molar-refractivity contribution is 5.98. The van der Waals surface area contributed by atoms with Crippen molar-refractivity contribution in [3.8, 4) is 6.07 Å². The lowest BCUT2D eigenvalue weighted by Crippen LogP contribution is -2.54. The molecular formula is C15H13N3O4. The van der Waals surface area contributed by atoms with Crippen LogP contribution in [0, 0.1) is 17.2 Å². The van der Waals surface area contributed by atoms with E-state index in [1.807, 2.05) is 6.07 Å². The molecule has 0 aliphatic carbocycles. The second-order valence-corrected chi connectivity index (χ2v) is 5.32. The maximum atomic E-state index is 12.2. The van der Waals surface area contributed by atoms with Crippen molar-refractivity contribution >= 4 is 17.9 Å². The van der Waals surface area contributed by atoms with Crippen molar-refractivity contribution in [1.29, 1.82) is 5.26 Å². The maximum Gasteiger partial charge on any atom is 0.417 e. The number of cyclic esters (lactones) is 1. The summed E-state index contributed by atoms with van der Waals surface area (Å²) in [6, 6.07) is 8.44. The van der Waals surface area contributed by atoms with Crippen molar-refractivity contribution in [3.63, 3.8) is 0 Å². The molecule has 1 aromatic rings. The van der Waals surface area contributed by atoms with Gasteiger partial charge in [0.1, 0.15) is 0 Å². The van der Waals surface area contributed by atoms with Gasteiger partial charge >= 0.3 is 6.09 Å². The fraction of sp³-hybridized carbons (Fsp3) is 0.333. The van der Waals surface area contributed by atoms with E-state index in [4.69, 9.17) is 5.26 Å². The molecule has 2 aliphatic rings. The monoisotopic (exact) mass is 299 g/mol. The minimum atomic E-state index is -0.609. The Bertz CT molecular complexity index is 655. The van der Waals surface area contributed by atoms with Gasteiger partial charge in [0.05, 0.1) is 11.6 Å². The highest BCUT2D eigenvalue weighted by Gasteiger charge is 2.38. The van der Waals surface area contributed by atoms with Gasteiger partial charge in [0.2, 0.25) is 0 Å². The topological polar surface area (TPSA) is 90.7 Å². The third-order valence-electron chi connectivity index (χ3n) is 3.79. The standard InChI is InChI=1S/C15H13N3O4/c16-5-10-1-3-12(4-2-10)14(20)17-6-11(7-17)8-18-13(19)9-22-15(18)21/h1-4,11H,6-9H2. The Morgan fingerprint density at radius 1 is 1.27 bits per heavy atom. The Morgan fingerprint density at radius 3 is 2.50 bits per heavy atom. The van der Waals surface area contributed by atoms with Crippen molar-refractivity contribution in [2.75, 3.05) is 26.2 Å². The Kier molecular flexibility index (Phi) is 3.51. The zero-order valence-corrected chi connectivity index (χ0v) is 11.7. The van der Waals surface area contributed by atoms with E-state index in [-0.39, 0.29) is 30.9 Å². The summed E-state index contributed by atoms with van der Waals surface area (Å²) in [5.41, 5.74) is 1.03. The summed E-state index contributed by atoms with van der Waals surface area (Å²) >= 11 is 0. The summed E-state index contributed by atoms with van der Waals surface area (Å²) in [7, 11) is 0. The molecule has 2 aliphatic heterocycles. The van der Waals surface area contributed by atoms with Gasteiger partial charge in [-0.05, 0) is 24.3 Å². The Morgan fingerprint density at radius 2 is 1.95 bits per heavy atom. The first-order valence-electron chi connectivity index (χ1n) is 6.85. The van der Waals surface area contributed by atoms with E-state index in [2.05, 4.69) is 4.74 Å². The fourth-order valence-electron chi connectivity index (χ4n) is 2.54. The Balaban J connectivity index is 1.54. The third kappa shape index (κ3) is 2.51. The molecule has 7 nitrogen and oxygen atoms in total. The molecule has 7 heteroatoms.